The van der Waals surface area contributed by atoms with Crippen molar-refractivity contribution in [2.75, 3.05) is 26.7 Å². The van der Waals surface area contributed by atoms with Gasteiger partial charge in [0.2, 0.25) is 0 Å². The van der Waals surface area contributed by atoms with E-state index in [0.29, 0.717) is 6.04 Å². The van der Waals surface area contributed by atoms with Crippen LogP contribution in [0.3, 0.4) is 0 Å². The molecule has 1 aliphatic heterocycles. The van der Waals surface area contributed by atoms with Crippen molar-refractivity contribution in [2.24, 2.45) is 0 Å². The van der Waals surface area contributed by atoms with Crippen molar-refractivity contribution in [1.29, 1.82) is 0 Å². The van der Waals surface area contributed by atoms with E-state index in [0.717, 1.165) is 26.1 Å². The van der Waals surface area contributed by atoms with Crippen LogP contribution in [0.4, 0.5) is 0 Å². The van der Waals surface area contributed by atoms with Crippen LogP contribution in [0, 0.1) is 6.92 Å². The van der Waals surface area contributed by atoms with Crippen molar-refractivity contribution in [3.8, 4) is 0 Å². The Labute approximate surface area is 103 Å². The summed E-state index contributed by atoms with van der Waals surface area (Å²) >= 11 is 0. The summed E-state index contributed by atoms with van der Waals surface area (Å²) in [6.45, 7) is 4.90. The van der Waals surface area contributed by atoms with Gasteiger partial charge in [0.1, 0.15) is 0 Å². The Morgan fingerprint density at radius 1 is 1.53 bits per heavy atom. The topological polar surface area (TPSA) is 35.5 Å². The third-order valence-electron chi connectivity index (χ3n) is 3.48. The normalized spacial score (nSPS) is 22.9. The molecular formula is C14H22N2O. The Morgan fingerprint density at radius 3 is 2.94 bits per heavy atom. The zero-order chi connectivity index (χ0) is 12.3. The maximum atomic E-state index is 9.54. The molecule has 1 aromatic carbocycles. The molecule has 2 N–H and O–H groups in total. The van der Waals surface area contributed by atoms with Gasteiger partial charge in [-0.15, -0.1) is 0 Å². The average Bonchev–Trinajstić information content (AvgIpc) is 2.72. The number of hydrogen-bond donors (Lipinski definition) is 2. The molecule has 1 aromatic rings. The van der Waals surface area contributed by atoms with E-state index in [1.165, 1.54) is 11.1 Å². The first-order valence-corrected chi connectivity index (χ1v) is 6.33. The zero-order valence-electron chi connectivity index (χ0n) is 10.7. The summed E-state index contributed by atoms with van der Waals surface area (Å²) in [5.41, 5.74) is 2.62. The van der Waals surface area contributed by atoms with Gasteiger partial charge in [0.15, 0.2) is 0 Å². The summed E-state index contributed by atoms with van der Waals surface area (Å²) < 4.78 is 0. The molecule has 17 heavy (non-hydrogen) atoms. The number of likely N-dealkylation sites (N-methyl/N-ethyl adjacent to an activating group) is 1. The minimum atomic E-state index is -0.134. The van der Waals surface area contributed by atoms with E-state index in [4.69, 9.17) is 0 Å². The summed E-state index contributed by atoms with van der Waals surface area (Å²) in [6, 6.07) is 8.97. The first-order chi connectivity index (χ1) is 8.19. The van der Waals surface area contributed by atoms with E-state index in [1.807, 2.05) is 7.05 Å². The van der Waals surface area contributed by atoms with Gasteiger partial charge in [-0.05, 0) is 26.0 Å². The molecule has 0 aliphatic carbocycles. The lowest BCUT2D eigenvalue weighted by Crippen LogP contribution is -2.33. The molecule has 0 radical (unpaired) electrons. The second-order valence-corrected chi connectivity index (χ2v) is 4.96. The molecule has 2 rings (SSSR count). The highest BCUT2D eigenvalue weighted by Crippen LogP contribution is 2.18. The van der Waals surface area contributed by atoms with Crippen molar-refractivity contribution in [3.05, 3.63) is 35.4 Å². The van der Waals surface area contributed by atoms with Crippen molar-refractivity contribution < 1.29 is 5.11 Å². The number of aliphatic hydroxyl groups is 1. The van der Waals surface area contributed by atoms with Crippen LogP contribution in [0.5, 0.6) is 0 Å². The fourth-order valence-electron chi connectivity index (χ4n) is 2.49. The predicted octanol–water partition coefficient (Wildman–Crippen LogP) is 1.32. The molecule has 94 valence electrons. The van der Waals surface area contributed by atoms with E-state index in [2.05, 4.69) is 41.4 Å². The molecule has 2 atom stereocenters. The molecule has 0 aromatic heterocycles. The Bertz CT molecular complexity index is 367. The smallest absolute Gasteiger partial charge is 0.0679 e. The quantitative estimate of drug-likeness (QED) is 0.825. The zero-order valence-corrected chi connectivity index (χ0v) is 10.7. The lowest BCUT2D eigenvalue weighted by Gasteiger charge is -2.23. The van der Waals surface area contributed by atoms with Crippen molar-refractivity contribution >= 4 is 0 Å². The minimum absolute atomic E-state index is 0.134. The first kappa shape index (κ1) is 12.6. The van der Waals surface area contributed by atoms with E-state index in [-0.39, 0.29) is 6.10 Å². The Morgan fingerprint density at radius 2 is 2.35 bits per heavy atom. The van der Waals surface area contributed by atoms with Crippen LogP contribution in [-0.2, 0) is 0 Å². The van der Waals surface area contributed by atoms with Gasteiger partial charge in [-0.25, -0.2) is 0 Å². The van der Waals surface area contributed by atoms with E-state index in [1.54, 1.807) is 0 Å². The third-order valence-corrected chi connectivity index (χ3v) is 3.48. The molecular weight excluding hydrogens is 212 g/mol. The highest BCUT2D eigenvalue weighted by molar-refractivity contribution is 5.25. The summed E-state index contributed by atoms with van der Waals surface area (Å²) in [4.78, 5) is 2.33. The maximum absolute atomic E-state index is 9.54. The second kappa shape index (κ2) is 5.63. The van der Waals surface area contributed by atoms with Gasteiger partial charge in [-0.3, -0.25) is 4.90 Å². The van der Waals surface area contributed by atoms with Crippen LogP contribution in [0.2, 0.25) is 0 Å². The Balaban J connectivity index is 2.01. The molecule has 0 unspecified atom stereocenters. The van der Waals surface area contributed by atoms with Crippen LogP contribution in [0.15, 0.2) is 24.3 Å². The molecule has 1 saturated heterocycles. The monoisotopic (exact) mass is 234 g/mol. The number of rotatable bonds is 4. The van der Waals surface area contributed by atoms with Crippen LogP contribution < -0.4 is 5.32 Å². The van der Waals surface area contributed by atoms with Crippen LogP contribution >= 0.6 is 0 Å². The summed E-state index contributed by atoms with van der Waals surface area (Å²) in [6.07, 6.45) is 0.773. The molecule has 1 fully saturated rings. The number of benzene rings is 1. The lowest BCUT2D eigenvalue weighted by atomic mass is 10.0. The molecule has 0 amide bonds. The molecule has 0 saturated carbocycles. The second-order valence-electron chi connectivity index (χ2n) is 4.96. The number of nitrogens with one attached hydrogen (secondary N) is 1. The highest BCUT2D eigenvalue weighted by Gasteiger charge is 2.22. The molecule has 0 spiro atoms. The molecule has 1 heterocycles. The van der Waals surface area contributed by atoms with Gasteiger partial charge in [0, 0.05) is 25.7 Å². The number of likely N-dealkylation sites (tertiary alicyclic amines) is 1. The van der Waals surface area contributed by atoms with Gasteiger partial charge in [0.25, 0.3) is 0 Å². The number of β-amino-alcohol motifs (C(OH)–C–C–N with tert-alkyl or cyclic N) is 1. The standard InChI is InChI=1S/C14H22N2O/c1-11-4-3-5-12(8-11)14(15-2)10-16-7-6-13(17)9-16/h3-5,8,13-15,17H,6-7,9-10H2,1-2H3/t13-,14-/m0/s1. The molecule has 0 bridgehead atoms. The third kappa shape index (κ3) is 3.28. The maximum Gasteiger partial charge on any atom is 0.0679 e. The Kier molecular flexibility index (Phi) is 4.15. The predicted molar refractivity (Wildman–Crippen MR) is 70.0 cm³/mol. The largest absolute Gasteiger partial charge is 0.392 e. The van der Waals surface area contributed by atoms with E-state index in [9.17, 15) is 5.11 Å². The average molecular weight is 234 g/mol. The fraction of sp³-hybridized carbons (Fsp3) is 0.571. The van der Waals surface area contributed by atoms with Crippen molar-refractivity contribution in [2.45, 2.75) is 25.5 Å². The number of aliphatic hydroxyl groups excluding tert-OH is 1. The summed E-state index contributed by atoms with van der Waals surface area (Å²) in [7, 11) is 2.00. The SMILES string of the molecule is CN[C@@H](CN1CC[C@H](O)C1)c1cccc(C)c1. The first-order valence-electron chi connectivity index (χ1n) is 6.33. The molecule has 3 nitrogen and oxygen atoms in total. The van der Waals surface area contributed by atoms with E-state index < -0.39 is 0 Å². The van der Waals surface area contributed by atoms with Crippen molar-refractivity contribution in [1.82, 2.24) is 10.2 Å². The van der Waals surface area contributed by atoms with Gasteiger partial charge >= 0.3 is 0 Å². The van der Waals surface area contributed by atoms with Gasteiger partial charge in [-0.2, -0.15) is 0 Å². The van der Waals surface area contributed by atoms with Crippen LogP contribution in [-0.4, -0.2) is 42.8 Å². The summed E-state index contributed by atoms with van der Waals surface area (Å²) in [5, 5.41) is 12.9. The fourth-order valence-corrected chi connectivity index (χ4v) is 2.49. The van der Waals surface area contributed by atoms with E-state index >= 15 is 0 Å². The number of nitrogens with zero attached hydrogens (tertiary/aromatic N) is 1. The minimum Gasteiger partial charge on any atom is -0.392 e. The number of hydrogen-bond acceptors (Lipinski definition) is 3. The highest BCUT2D eigenvalue weighted by atomic mass is 16.3. The summed E-state index contributed by atoms with van der Waals surface area (Å²) in [5.74, 6) is 0. The van der Waals surface area contributed by atoms with Gasteiger partial charge in [0.05, 0.1) is 6.10 Å². The lowest BCUT2D eigenvalue weighted by molar-refractivity contribution is 0.173. The van der Waals surface area contributed by atoms with Crippen LogP contribution in [0.25, 0.3) is 0 Å². The molecule has 1 aliphatic rings. The van der Waals surface area contributed by atoms with Gasteiger partial charge in [-0.1, -0.05) is 29.8 Å². The Hall–Kier alpha value is -0.900. The number of aryl methyl sites for hydroxylation is 1. The van der Waals surface area contributed by atoms with Gasteiger partial charge < -0.3 is 10.4 Å². The molecule has 3 heteroatoms. The van der Waals surface area contributed by atoms with Crippen molar-refractivity contribution in [3.63, 3.8) is 0 Å². The van der Waals surface area contributed by atoms with Crippen LogP contribution in [0.1, 0.15) is 23.6 Å².